The van der Waals surface area contributed by atoms with Gasteiger partial charge >= 0.3 is 5.97 Å². The number of esters is 1. The van der Waals surface area contributed by atoms with Gasteiger partial charge in [-0.25, -0.2) is 4.79 Å². The normalized spacial score (nSPS) is 11.3. The molecule has 0 aliphatic rings. The monoisotopic (exact) mass is 499 g/mol. The van der Waals surface area contributed by atoms with E-state index in [1.807, 2.05) is 48.7 Å². The highest BCUT2D eigenvalue weighted by atomic mass is 16.5. The van der Waals surface area contributed by atoms with Crippen LogP contribution in [0.25, 0.3) is 27.8 Å². The Kier molecular flexibility index (Phi) is 7.01. The van der Waals surface area contributed by atoms with E-state index in [0.29, 0.717) is 17.8 Å². The number of nitrogens with zero attached hydrogens (tertiary/aromatic N) is 2. The molecule has 0 saturated heterocycles. The van der Waals surface area contributed by atoms with Crippen molar-refractivity contribution in [1.82, 2.24) is 4.57 Å². The Morgan fingerprint density at radius 2 is 1.68 bits per heavy atom. The van der Waals surface area contributed by atoms with E-state index in [1.54, 1.807) is 37.3 Å². The van der Waals surface area contributed by atoms with Gasteiger partial charge < -0.3 is 14.6 Å². The van der Waals surface area contributed by atoms with Crippen molar-refractivity contribution in [1.29, 1.82) is 5.26 Å². The maximum atomic E-state index is 12.9. The molecule has 1 N–H and O–H groups in total. The number of nitrogens with one attached hydrogen (secondary N) is 1. The lowest BCUT2D eigenvalue weighted by atomic mass is 10.1. The average molecular weight is 500 g/mol. The number of benzene rings is 4. The summed E-state index contributed by atoms with van der Waals surface area (Å²) in [5.74, 6) is -0.953. The third-order valence-corrected chi connectivity index (χ3v) is 6.31. The molecule has 1 amide bonds. The predicted octanol–water partition coefficient (Wildman–Crippen LogP) is 6.57. The summed E-state index contributed by atoms with van der Waals surface area (Å²) in [4.78, 5) is 24.8. The van der Waals surface area contributed by atoms with E-state index in [9.17, 15) is 14.9 Å². The zero-order chi connectivity index (χ0) is 26.5. The molecule has 0 aliphatic carbocycles. The van der Waals surface area contributed by atoms with Crippen LogP contribution in [0.2, 0.25) is 0 Å². The zero-order valence-corrected chi connectivity index (χ0v) is 20.8. The Hall–Kier alpha value is -5.15. The van der Waals surface area contributed by atoms with Crippen molar-refractivity contribution in [2.75, 3.05) is 11.9 Å². The first-order valence-electron chi connectivity index (χ1n) is 12.3. The molecule has 0 unspecified atom stereocenters. The van der Waals surface area contributed by atoms with Gasteiger partial charge in [-0.2, -0.15) is 5.26 Å². The standard InChI is InChI=1S/C32H25N3O3/c1-2-38-32(37)24-13-15-28(16-14-24)34-31(36)26(19-33)18-27-21-35(30-10-6-5-9-29(27)30)20-22-11-12-23-7-3-4-8-25(23)17-22/h3-18,21H,2,20H2,1H3,(H,34,36)/b26-18+. The number of ether oxygens (including phenoxy) is 1. The number of rotatable bonds is 7. The highest BCUT2D eigenvalue weighted by Gasteiger charge is 2.14. The molecule has 6 heteroatoms. The first-order valence-corrected chi connectivity index (χ1v) is 12.3. The number of amides is 1. The molecule has 0 atom stereocenters. The quantitative estimate of drug-likeness (QED) is 0.156. The Bertz CT molecular complexity index is 1720. The molecule has 0 spiro atoms. The van der Waals surface area contributed by atoms with Crippen LogP contribution in [0.5, 0.6) is 0 Å². The molecular weight excluding hydrogens is 474 g/mol. The smallest absolute Gasteiger partial charge is 0.338 e. The van der Waals surface area contributed by atoms with Crippen LogP contribution in [0, 0.1) is 11.3 Å². The van der Waals surface area contributed by atoms with Crippen LogP contribution in [-0.2, 0) is 16.1 Å². The van der Waals surface area contributed by atoms with Crippen LogP contribution in [0.4, 0.5) is 5.69 Å². The molecule has 6 nitrogen and oxygen atoms in total. The van der Waals surface area contributed by atoms with E-state index in [-0.39, 0.29) is 12.2 Å². The maximum absolute atomic E-state index is 12.9. The van der Waals surface area contributed by atoms with Crippen molar-refractivity contribution < 1.29 is 14.3 Å². The number of aromatic nitrogens is 1. The second-order valence-electron chi connectivity index (χ2n) is 8.83. The number of hydrogen-bond acceptors (Lipinski definition) is 4. The fourth-order valence-corrected chi connectivity index (χ4v) is 4.46. The summed E-state index contributed by atoms with van der Waals surface area (Å²) in [7, 11) is 0. The molecule has 0 radical (unpaired) electrons. The second kappa shape index (κ2) is 10.9. The summed E-state index contributed by atoms with van der Waals surface area (Å²) in [5.41, 5.74) is 3.80. The summed E-state index contributed by atoms with van der Waals surface area (Å²) in [6, 6.07) is 31.0. The summed E-state index contributed by atoms with van der Waals surface area (Å²) < 4.78 is 7.12. The van der Waals surface area contributed by atoms with Crippen molar-refractivity contribution in [2.24, 2.45) is 0 Å². The summed E-state index contributed by atoms with van der Waals surface area (Å²) in [6.45, 7) is 2.68. The van der Waals surface area contributed by atoms with Crippen LogP contribution in [0.15, 0.2) is 103 Å². The fourth-order valence-electron chi connectivity index (χ4n) is 4.46. The number of carbonyl (C=O) groups is 2. The molecule has 0 aliphatic heterocycles. The number of nitriles is 1. The second-order valence-corrected chi connectivity index (χ2v) is 8.83. The van der Waals surface area contributed by atoms with Crippen molar-refractivity contribution in [2.45, 2.75) is 13.5 Å². The van der Waals surface area contributed by atoms with E-state index in [0.717, 1.165) is 22.0 Å². The summed E-state index contributed by atoms with van der Waals surface area (Å²) >= 11 is 0. The van der Waals surface area contributed by atoms with Crippen LogP contribution in [0.1, 0.15) is 28.4 Å². The molecule has 1 aromatic heterocycles. The van der Waals surface area contributed by atoms with Crippen molar-refractivity contribution in [3.8, 4) is 6.07 Å². The predicted molar refractivity (Wildman–Crippen MR) is 150 cm³/mol. The Morgan fingerprint density at radius 1 is 0.947 bits per heavy atom. The third kappa shape index (κ3) is 5.18. The Labute approximate surface area is 220 Å². The van der Waals surface area contributed by atoms with E-state index in [4.69, 9.17) is 4.74 Å². The highest BCUT2D eigenvalue weighted by molar-refractivity contribution is 6.11. The van der Waals surface area contributed by atoms with E-state index in [2.05, 4.69) is 40.2 Å². The minimum Gasteiger partial charge on any atom is -0.462 e. The molecule has 0 saturated carbocycles. The largest absolute Gasteiger partial charge is 0.462 e. The average Bonchev–Trinajstić information content (AvgIpc) is 3.29. The van der Waals surface area contributed by atoms with Gasteiger partial charge in [-0.3, -0.25) is 4.79 Å². The molecule has 5 rings (SSSR count). The molecule has 0 fully saturated rings. The van der Waals surface area contributed by atoms with Crippen LogP contribution < -0.4 is 5.32 Å². The van der Waals surface area contributed by atoms with E-state index in [1.165, 1.54) is 10.8 Å². The lowest BCUT2D eigenvalue weighted by molar-refractivity contribution is -0.112. The van der Waals surface area contributed by atoms with Gasteiger partial charge in [0, 0.05) is 34.9 Å². The first-order chi connectivity index (χ1) is 18.6. The van der Waals surface area contributed by atoms with Gasteiger partial charge in [0.05, 0.1) is 12.2 Å². The summed E-state index contributed by atoms with van der Waals surface area (Å²) in [5, 5.41) is 15.8. The molecule has 1 heterocycles. The van der Waals surface area contributed by atoms with E-state index >= 15 is 0 Å². The van der Waals surface area contributed by atoms with Gasteiger partial charge in [-0.1, -0.05) is 54.6 Å². The molecule has 4 aromatic carbocycles. The Balaban J connectivity index is 1.41. The van der Waals surface area contributed by atoms with Crippen molar-refractivity contribution >= 4 is 45.3 Å². The zero-order valence-electron chi connectivity index (χ0n) is 20.8. The fraction of sp³-hybridized carbons (Fsp3) is 0.0938. The minimum absolute atomic E-state index is 0.0203. The molecule has 186 valence electrons. The molecule has 38 heavy (non-hydrogen) atoms. The highest BCUT2D eigenvalue weighted by Crippen LogP contribution is 2.26. The number of para-hydroxylation sites is 1. The number of anilines is 1. The van der Waals surface area contributed by atoms with Crippen LogP contribution in [0.3, 0.4) is 0 Å². The van der Waals surface area contributed by atoms with Gasteiger partial charge in [0.2, 0.25) is 0 Å². The third-order valence-electron chi connectivity index (χ3n) is 6.31. The Morgan fingerprint density at radius 3 is 2.45 bits per heavy atom. The van der Waals surface area contributed by atoms with Gasteiger partial charge in [0.25, 0.3) is 5.91 Å². The SMILES string of the molecule is CCOC(=O)c1ccc(NC(=O)/C(C#N)=C/c2cn(Cc3ccc4ccccc4c3)c3ccccc23)cc1. The van der Waals surface area contributed by atoms with Gasteiger partial charge in [-0.05, 0) is 65.7 Å². The molecular formula is C32H25N3O3. The van der Waals surface area contributed by atoms with Crippen molar-refractivity contribution in [3.63, 3.8) is 0 Å². The number of carbonyl (C=O) groups excluding carboxylic acids is 2. The van der Waals surface area contributed by atoms with E-state index < -0.39 is 11.9 Å². The minimum atomic E-state index is -0.525. The van der Waals surface area contributed by atoms with Gasteiger partial charge in [0.1, 0.15) is 11.6 Å². The topological polar surface area (TPSA) is 84.1 Å². The maximum Gasteiger partial charge on any atom is 0.338 e. The molecule has 5 aromatic rings. The number of fused-ring (bicyclic) bond motifs is 2. The lowest BCUT2D eigenvalue weighted by Gasteiger charge is -2.07. The van der Waals surface area contributed by atoms with Crippen LogP contribution >= 0.6 is 0 Å². The molecule has 0 bridgehead atoms. The van der Waals surface area contributed by atoms with Crippen molar-refractivity contribution in [3.05, 3.63) is 119 Å². The lowest BCUT2D eigenvalue weighted by Crippen LogP contribution is -2.13. The van der Waals surface area contributed by atoms with Gasteiger partial charge in [0.15, 0.2) is 0 Å². The first kappa shape index (κ1) is 24.5. The van der Waals surface area contributed by atoms with Crippen LogP contribution in [-0.4, -0.2) is 23.1 Å². The number of hydrogen-bond donors (Lipinski definition) is 1. The summed E-state index contributed by atoms with van der Waals surface area (Å²) in [6.07, 6.45) is 3.58. The van der Waals surface area contributed by atoms with Gasteiger partial charge in [-0.15, -0.1) is 0 Å².